The topological polar surface area (TPSA) is 81.4 Å². The van der Waals surface area contributed by atoms with E-state index in [9.17, 15) is 8.42 Å². The highest BCUT2D eigenvalue weighted by molar-refractivity contribution is 7.89. The van der Waals surface area contributed by atoms with Gasteiger partial charge in [-0.05, 0) is 43.9 Å². The van der Waals surface area contributed by atoms with E-state index in [2.05, 4.69) is 19.2 Å². The van der Waals surface area contributed by atoms with Crippen molar-refractivity contribution in [2.45, 2.75) is 56.2 Å². The number of nitrogens with two attached hydrogens (primary N) is 1. The summed E-state index contributed by atoms with van der Waals surface area (Å²) in [6, 6.07) is 7.15. The molecule has 3 N–H and O–H groups in total. The van der Waals surface area contributed by atoms with Gasteiger partial charge in [-0.25, -0.2) is 13.6 Å². The molecule has 0 aromatic heterocycles. The predicted molar refractivity (Wildman–Crippen MR) is 82.3 cm³/mol. The van der Waals surface area contributed by atoms with Crippen LogP contribution in [0.3, 0.4) is 0 Å². The Labute approximate surface area is 126 Å². The van der Waals surface area contributed by atoms with Gasteiger partial charge in [-0.3, -0.25) is 0 Å². The molecule has 1 heterocycles. The molecule has 0 spiro atoms. The zero-order chi connectivity index (χ0) is 15.5. The Morgan fingerprint density at radius 1 is 1.48 bits per heavy atom. The smallest absolute Gasteiger partial charge is 0.238 e. The van der Waals surface area contributed by atoms with E-state index in [1.54, 1.807) is 12.1 Å². The maximum Gasteiger partial charge on any atom is 0.238 e. The lowest BCUT2D eigenvalue weighted by atomic mass is 9.90. The van der Waals surface area contributed by atoms with Gasteiger partial charge in [0.15, 0.2) is 0 Å². The number of primary sulfonamides is 1. The summed E-state index contributed by atoms with van der Waals surface area (Å²) in [5.41, 5.74) is 0.865. The van der Waals surface area contributed by atoms with Crippen LogP contribution < -0.4 is 10.5 Å². The number of ether oxygens (including phenoxy) is 1. The van der Waals surface area contributed by atoms with E-state index in [0.717, 1.165) is 31.4 Å². The maximum absolute atomic E-state index is 11.4. The molecule has 1 aliphatic heterocycles. The third-order valence-electron chi connectivity index (χ3n) is 4.16. The fraction of sp³-hybridized carbons (Fsp3) is 0.600. The van der Waals surface area contributed by atoms with Gasteiger partial charge < -0.3 is 10.1 Å². The van der Waals surface area contributed by atoms with E-state index in [1.807, 2.05) is 6.07 Å². The molecule has 2 unspecified atom stereocenters. The summed E-state index contributed by atoms with van der Waals surface area (Å²) >= 11 is 0. The van der Waals surface area contributed by atoms with Gasteiger partial charge in [-0.2, -0.15) is 0 Å². The van der Waals surface area contributed by atoms with Crippen LogP contribution in [-0.4, -0.2) is 26.7 Å². The quantitative estimate of drug-likeness (QED) is 0.868. The molecule has 118 valence electrons. The summed E-state index contributed by atoms with van der Waals surface area (Å²) in [6.07, 6.45) is 2.94. The molecule has 2 rings (SSSR count). The van der Waals surface area contributed by atoms with E-state index >= 15 is 0 Å². The van der Waals surface area contributed by atoms with Crippen LogP contribution >= 0.6 is 0 Å². The average molecular weight is 312 g/mol. The highest BCUT2D eigenvalue weighted by atomic mass is 32.2. The first kappa shape index (κ1) is 16.4. The van der Waals surface area contributed by atoms with E-state index in [1.165, 1.54) is 6.07 Å². The van der Waals surface area contributed by atoms with Gasteiger partial charge in [0.2, 0.25) is 10.0 Å². The van der Waals surface area contributed by atoms with E-state index in [0.29, 0.717) is 12.6 Å². The minimum Gasteiger partial charge on any atom is -0.375 e. The fourth-order valence-corrected chi connectivity index (χ4v) is 3.23. The normalized spacial score (nSPS) is 26.7. The van der Waals surface area contributed by atoms with E-state index in [4.69, 9.17) is 9.88 Å². The summed E-state index contributed by atoms with van der Waals surface area (Å²) in [5.74, 6) is 0. The SMILES string of the molecule is CCC1(C)CC(NCc2cccc(S(N)(=O)=O)c2)CCO1. The highest BCUT2D eigenvalue weighted by Crippen LogP contribution is 2.27. The zero-order valence-corrected chi connectivity index (χ0v) is 13.4. The molecule has 1 fully saturated rings. The first-order valence-electron chi connectivity index (χ1n) is 7.31. The minimum atomic E-state index is -3.64. The summed E-state index contributed by atoms with van der Waals surface area (Å²) in [4.78, 5) is 0.159. The van der Waals surface area contributed by atoms with Gasteiger partial charge in [-0.1, -0.05) is 19.1 Å². The lowest BCUT2D eigenvalue weighted by Crippen LogP contribution is -2.44. The highest BCUT2D eigenvalue weighted by Gasteiger charge is 2.31. The molecular weight excluding hydrogens is 288 g/mol. The molecule has 2 atom stereocenters. The van der Waals surface area contributed by atoms with Crippen LogP contribution in [0.1, 0.15) is 38.7 Å². The van der Waals surface area contributed by atoms with Crippen molar-refractivity contribution >= 4 is 10.0 Å². The first-order chi connectivity index (χ1) is 9.82. The number of hydrogen-bond donors (Lipinski definition) is 2. The standard InChI is InChI=1S/C15H24N2O3S/c1-3-15(2)10-13(7-8-20-15)17-11-12-5-4-6-14(9-12)21(16,18)19/h4-6,9,13,17H,3,7-8,10-11H2,1-2H3,(H2,16,18,19). The van der Waals surface area contributed by atoms with Gasteiger partial charge in [0.05, 0.1) is 10.5 Å². The number of sulfonamides is 1. The Bertz CT molecular complexity index is 588. The molecule has 0 bridgehead atoms. The molecule has 0 amide bonds. The van der Waals surface area contributed by atoms with E-state index in [-0.39, 0.29) is 10.5 Å². The minimum absolute atomic E-state index is 0.0572. The molecule has 1 aromatic rings. The van der Waals surface area contributed by atoms with Gasteiger partial charge in [0, 0.05) is 19.2 Å². The van der Waals surface area contributed by atoms with Gasteiger partial charge in [0.25, 0.3) is 0 Å². The summed E-state index contributed by atoms with van der Waals surface area (Å²) in [5, 5.41) is 8.64. The summed E-state index contributed by atoms with van der Waals surface area (Å²) < 4.78 is 28.5. The average Bonchev–Trinajstić information content (AvgIpc) is 2.45. The largest absolute Gasteiger partial charge is 0.375 e. The number of nitrogens with one attached hydrogen (secondary N) is 1. The van der Waals surface area contributed by atoms with Gasteiger partial charge in [-0.15, -0.1) is 0 Å². The van der Waals surface area contributed by atoms with Crippen molar-refractivity contribution in [3.63, 3.8) is 0 Å². The van der Waals surface area contributed by atoms with Crippen LogP contribution in [0.4, 0.5) is 0 Å². The van der Waals surface area contributed by atoms with Crippen molar-refractivity contribution in [1.29, 1.82) is 0 Å². The third-order valence-corrected chi connectivity index (χ3v) is 5.08. The lowest BCUT2D eigenvalue weighted by Gasteiger charge is -2.38. The number of rotatable bonds is 5. The molecule has 1 aliphatic rings. The van der Waals surface area contributed by atoms with Crippen LogP contribution in [0.15, 0.2) is 29.2 Å². The van der Waals surface area contributed by atoms with Crippen molar-refractivity contribution in [3.05, 3.63) is 29.8 Å². The molecule has 0 radical (unpaired) electrons. The van der Waals surface area contributed by atoms with Crippen LogP contribution in [0.5, 0.6) is 0 Å². The number of benzene rings is 1. The van der Waals surface area contributed by atoms with Crippen molar-refractivity contribution < 1.29 is 13.2 Å². The zero-order valence-electron chi connectivity index (χ0n) is 12.6. The third kappa shape index (κ3) is 4.51. The molecule has 5 nitrogen and oxygen atoms in total. The van der Waals surface area contributed by atoms with Crippen molar-refractivity contribution in [2.24, 2.45) is 5.14 Å². The summed E-state index contributed by atoms with van der Waals surface area (Å²) in [6.45, 7) is 5.67. The van der Waals surface area contributed by atoms with Crippen LogP contribution in [0, 0.1) is 0 Å². The van der Waals surface area contributed by atoms with Crippen LogP contribution in [0.2, 0.25) is 0 Å². The molecular formula is C15H24N2O3S. The molecule has 6 heteroatoms. The fourth-order valence-electron chi connectivity index (χ4n) is 2.65. The van der Waals surface area contributed by atoms with Crippen molar-refractivity contribution in [2.75, 3.05) is 6.61 Å². The Morgan fingerprint density at radius 3 is 2.90 bits per heavy atom. The molecule has 0 saturated carbocycles. The van der Waals surface area contributed by atoms with Crippen molar-refractivity contribution in [1.82, 2.24) is 5.32 Å². The second kappa shape index (κ2) is 6.44. The van der Waals surface area contributed by atoms with Crippen LogP contribution in [0.25, 0.3) is 0 Å². The van der Waals surface area contributed by atoms with Gasteiger partial charge >= 0.3 is 0 Å². The van der Waals surface area contributed by atoms with E-state index < -0.39 is 10.0 Å². The lowest BCUT2D eigenvalue weighted by molar-refractivity contribution is -0.0781. The molecule has 0 aliphatic carbocycles. The number of hydrogen-bond acceptors (Lipinski definition) is 4. The Kier molecular flexibility index (Phi) is 5.03. The van der Waals surface area contributed by atoms with Crippen LogP contribution in [-0.2, 0) is 21.3 Å². The maximum atomic E-state index is 11.4. The molecule has 1 saturated heterocycles. The predicted octanol–water partition coefficient (Wildman–Crippen LogP) is 1.77. The first-order valence-corrected chi connectivity index (χ1v) is 8.86. The Hall–Kier alpha value is -0.950. The second-order valence-corrected chi connectivity index (χ2v) is 7.48. The molecule has 21 heavy (non-hydrogen) atoms. The Morgan fingerprint density at radius 2 is 2.24 bits per heavy atom. The monoisotopic (exact) mass is 312 g/mol. The summed E-state index contributed by atoms with van der Waals surface area (Å²) in [7, 11) is -3.64. The second-order valence-electron chi connectivity index (χ2n) is 5.91. The Balaban J connectivity index is 1.97. The molecule has 1 aromatic carbocycles. The van der Waals surface area contributed by atoms with Crippen molar-refractivity contribution in [3.8, 4) is 0 Å². The van der Waals surface area contributed by atoms with Gasteiger partial charge in [0.1, 0.15) is 0 Å².